The van der Waals surface area contributed by atoms with E-state index in [1.54, 1.807) is 11.1 Å². The van der Waals surface area contributed by atoms with Crippen molar-refractivity contribution in [3.05, 3.63) is 48.4 Å². The number of carbonyl (C=O) groups is 1. The number of hydrogen-bond acceptors (Lipinski definition) is 6. The van der Waals surface area contributed by atoms with Crippen molar-refractivity contribution in [3.8, 4) is 11.3 Å². The van der Waals surface area contributed by atoms with Crippen LogP contribution in [-0.4, -0.2) is 60.4 Å². The molecule has 0 unspecified atom stereocenters. The summed E-state index contributed by atoms with van der Waals surface area (Å²) in [6, 6.07) is 11.4. The first kappa shape index (κ1) is 20.0. The van der Waals surface area contributed by atoms with Crippen molar-refractivity contribution in [2.75, 3.05) is 39.5 Å². The van der Waals surface area contributed by atoms with Gasteiger partial charge in [-0.3, -0.25) is 10.2 Å². The number of hydrogen-bond donors (Lipinski definition) is 1. The van der Waals surface area contributed by atoms with E-state index >= 15 is 0 Å². The van der Waals surface area contributed by atoms with E-state index in [9.17, 15) is 4.79 Å². The monoisotopic (exact) mass is 358 g/mol. The highest BCUT2D eigenvalue weighted by Gasteiger charge is 2.14. The Morgan fingerprint density at radius 3 is 2.31 bits per heavy atom. The quantitative estimate of drug-likeness (QED) is 0.490. The van der Waals surface area contributed by atoms with Gasteiger partial charge in [-0.05, 0) is 19.9 Å². The molecule has 0 saturated carbocycles. The zero-order chi connectivity index (χ0) is 18.6. The lowest BCUT2D eigenvalue weighted by molar-refractivity contribution is 0.0491. The Bertz CT molecular complexity index is 657. The number of nitrogens with one attached hydrogen (secondary N) is 1. The molecule has 1 aromatic heterocycles. The summed E-state index contributed by atoms with van der Waals surface area (Å²) in [4.78, 5) is 20.9. The van der Waals surface area contributed by atoms with Crippen LogP contribution < -0.4 is 5.43 Å². The third-order valence-electron chi connectivity index (χ3n) is 3.65. The molecule has 0 bridgehead atoms. The van der Waals surface area contributed by atoms with Crippen LogP contribution in [0.5, 0.6) is 0 Å². The Morgan fingerprint density at radius 2 is 1.69 bits per heavy atom. The van der Waals surface area contributed by atoms with Gasteiger partial charge in [0.15, 0.2) is 0 Å². The van der Waals surface area contributed by atoms with Crippen LogP contribution in [0.15, 0.2) is 42.7 Å². The van der Waals surface area contributed by atoms with E-state index in [-0.39, 0.29) is 5.91 Å². The van der Waals surface area contributed by atoms with Gasteiger partial charge in [0.05, 0.1) is 18.9 Å². The maximum absolute atomic E-state index is 12.6. The fourth-order valence-electron chi connectivity index (χ4n) is 2.31. The zero-order valence-corrected chi connectivity index (χ0v) is 15.4. The topological polar surface area (TPSA) is 76.6 Å². The predicted octanol–water partition coefficient (Wildman–Crippen LogP) is 2.16. The molecule has 0 aliphatic heterocycles. The van der Waals surface area contributed by atoms with E-state index in [0.717, 1.165) is 5.56 Å². The first-order valence-corrected chi connectivity index (χ1v) is 8.83. The summed E-state index contributed by atoms with van der Waals surface area (Å²) in [6.45, 7) is 7.36. The van der Waals surface area contributed by atoms with Gasteiger partial charge in [0.2, 0.25) is 0 Å². The smallest absolute Gasteiger partial charge is 0.284 e. The number of benzene rings is 1. The number of carbonyl (C=O) groups excluding carboxylic acids is 1. The average Bonchev–Trinajstić information content (AvgIpc) is 2.69. The van der Waals surface area contributed by atoms with Gasteiger partial charge in [-0.2, -0.15) is 0 Å². The second-order valence-corrected chi connectivity index (χ2v) is 5.48. The molecule has 1 amide bonds. The van der Waals surface area contributed by atoms with E-state index in [1.807, 2.05) is 44.2 Å². The molecule has 2 rings (SSSR count). The minimum atomic E-state index is -0.280. The molecule has 7 heteroatoms. The Labute approximate surface area is 154 Å². The van der Waals surface area contributed by atoms with Gasteiger partial charge in [0.25, 0.3) is 5.91 Å². The van der Waals surface area contributed by atoms with Crippen molar-refractivity contribution in [3.63, 3.8) is 0 Å². The lowest BCUT2D eigenvalue weighted by atomic mass is 10.1. The van der Waals surface area contributed by atoms with Crippen LogP contribution >= 0.6 is 0 Å². The van der Waals surface area contributed by atoms with Gasteiger partial charge in [0, 0.05) is 31.9 Å². The molecule has 0 fully saturated rings. The number of nitrogens with zero attached hydrogens (tertiary/aromatic N) is 3. The summed E-state index contributed by atoms with van der Waals surface area (Å²) >= 11 is 0. The molecule has 0 aliphatic rings. The summed E-state index contributed by atoms with van der Waals surface area (Å²) in [7, 11) is 0. The summed E-state index contributed by atoms with van der Waals surface area (Å²) in [5.74, 6) is -0.280. The number of amides is 1. The summed E-state index contributed by atoms with van der Waals surface area (Å²) in [5, 5.41) is 1.79. The van der Waals surface area contributed by atoms with Crippen molar-refractivity contribution < 1.29 is 14.3 Å². The standard InChI is InChI=1S/C19H26N4O3/c1-3-25-12-10-23(11-13-26-4-2)22-19(24)18-14-17(20-15-21-18)16-8-6-5-7-9-16/h5-9,14-15H,3-4,10-13H2,1-2H3,(H,22,24). The molecule has 0 saturated heterocycles. The minimum Gasteiger partial charge on any atom is -0.380 e. The fraction of sp³-hybridized carbons (Fsp3) is 0.421. The molecule has 140 valence electrons. The SMILES string of the molecule is CCOCCN(CCOCC)NC(=O)c1cc(-c2ccccc2)ncn1. The third-order valence-corrected chi connectivity index (χ3v) is 3.65. The number of hydrazine groups is 1. The third kappa shape index (κ3) is 6.51. The molecule has 1 heterocycles. The summed E-state index contributed by atoms with van der Waals surface area (Å²) < 4.78 is 10.8. The first-order valence-electron chi connectivity index (χ1n) is 8.83. The second-order valence-electron chi connectivity index (χ2n) is 5.48. The Morgan fingerprint density at radius 1 is 1.04 bits per heavy atom. The zero-order valence-electron chi connectivity index (χ0n) is 15.4. The molecular weight excluding hydrogens is 332 g/mol. The number of ether oxygens (including phenoxy) is 2. The Kier molecular flexibility index (Phi) is 8.68. The van der Waals surface area contributed by atoms with Crippen molar-refractivity contribution in [2.24, 2.45) is 0 Å². The van der Waals surface area contributed by atoms with Crippen LogP contribution in [0.4, 0.5) is 0 Å². The molecule has 0 aliphatic carbocycles. The van der Waals surface area contributed by atoms with Gasteiger partial charge in [0.1, 0.15) is 12.0 Å². The summed E-state index contributed by atoms with van der Waals surface area (Å²) in [5.41, 5.74) is 4.84. The van der Waals surface area contributed by atoms with Crippen molar-refractivity contribution in [2.45, 2.75) is 13.8 Å². The summed E-state index contributed by atoms with van der Waals surface area (Å²) in [6.07, 6.45) is 1.40. The van der Waals surface area contributed by atoms with E-state index in [1.165, 1.54) is 6.33 Å². The van der Waals surface area contributed by atoms with E-state index in [0.29, 0.717) is 50.9 Å². The van der Waals surface area contributed by atoms with E-state index < -0.39 is 0 Å². The highest BCUT2D eigenvalue weighted by molar-refractivity contribution is 5.92. The fourth-order valence-corrected chi connectivity index (χ4v) is 2.31. The van der Waals surface area contributed by atoms with Crippen LogP contribution in [0.3, 0.4) is 0 Å². The maximum atomic E-state index is 12.6. The largest absolute Gasteiger partial charge is 0.380 e. The number of rotatable bonds is 11. The van der Waals surface area contributed by atoms with Crippen LogP contribution in [0.1, 0.15) is 24.3 Å². The molecule has 1 aromatic carbocycles. The van der Waals surface area contributed by atoms with Gasteiger partial charge in [-0.1, -0.05) is 30.3 Å². The van der Waals surface area contributed by atoms with E-state index in [2.05, 4.69) is 15.4 Å². The maximum Gasteiger partial charge on any atom is 0.284 e. The highest BCUT2D eigenvalue weighted by Crippen LogP contribution is 2.16. The molecular formula is C19H26N4O3. The van der Waals surface area contributed by atoms with Gasteiger partial charge < -0.3 is 9.47 Å². The van der Waals surface area contributed by atoms with Gasteiger partial charge in [-0.15, -0.1) is 0 Å². The normalized spacial score (nSPS) is 10.9. The Balaban J connectivity index is 2.02. The van der Waals surface area contributed by atoms with Gasteiger partial charge in [-0.25, -0.2) is 15.0 Å². The lowest BCUT2D eigenvalue weighted by Gasteiger charge is -2.22. The molecule has 0 spiro atoms. The first-order chi connectivity index (χ1) is 12.7. The van der Waals surface area contributed by atoms with Crippen LogP contribution in [0.25, 0.3) is 11.3 Å². The number of aromatic nitrogens is 2. The molecule has 2 aromatic rings. The average molecular weight is 358 g/mol. The van der Waals surface area contributed by atoms with Crippen molar-refractivity contribution in [1.29, 1.82) is 0 Å². The van der Waals surface area contributed by atoms with Gasteiger partial charge >= 0.3 is 0 Å². The Hall–Kier alpha value is -2.35. The van der Waals surface area contributed by atoms with Crippen molar-refractivity contribution in [1.82, 2.24) is 20.4 Å². The van der Waals surface area contributed by atoms with Crippen molar-refractivity contribution >= 4 is 5.91 Å². The highest BCUT2D eigenvalue weighted by atomic mass is 16.5. The van der Waals surface area contributed by atoms with Crippen LogP contribution in [0, 0.1) is 0 Å². The predicted molar refractivity (Wildman–Crippen MR) is 99.5 cm³/mol. The van der Waals surface area contributed by atoms with E-state index in [4.69, 9.17) is 9.47 Å². The molecule has 0 atom stereocenters. The molecule has 7 nitrogen and oxygen atoms in total. The minimum absolute atomic E-state index is 0.280. The van der Waals surface area contributed by atoms with Crippen LogP contribution in [-0.2, 0) is 9.47 Å². The second kappa shape index (κ2) is 11.3. The lowest BCUT2D eigenvalue weighted by Crippen LogP contribution is -2.46. The molecule has 1 N–H and O–H groups in total. The molecule has 26 heavy (non-hydrogen) atoms. The van der Waals surface area contributed by atoms with Crippen LogP contribution in [0.2, 0.25) is 0 Å². The molecule has 0 radical (unpaired) electrons.